The van der Waals surface area contributed by atoms with Crippen molar-refractivity contribution in [1.29, 1.82) is 0 Å². The molecule has 0 N–H and O–H groups in total. The highest BCUT2D eigenvalue weighted by atomic mass is 15.2. The van der Waals surface area contributed by atoms with E-state index in [1.54, 1.807) is 0 Å². The van der Waals surface area contributed by atoms with Gasteiger partial charge in [-0.1, -0.05) is 0 Å². The number of aromatic nitrogens is 1. The number of nitrogens with zero attached hydrogens (tertiary/aromatic N) is 3. The van der Waals surface area contributed by atoms with Gasteiger partial charge < -0.3 is 9.38 Å². The highest BCUT2D eigenvalue weighted by Crippen LogP contribution is 2.54. The van der Waals surface area contributed by atoms with Crippen molar-refractivity contribution in [2.45, 2.75) is 19.3 Å². The summed E-state index contributed by atoms with van der Waals surface area (Å²) in [6, 6.07) is 4.41. The lowest BCUT2D eigenvalue weighted by Gasteiger charge is -2.58. The highest BCUT2D eigenvalue weighted by Gasteiger charge is 2.51. The Bertz CT molecular complexity index is 695. The van der Waals surface area contributed by atoms with Crippen molar-refractivity contribution in [3.8, 4) is 0 Å². The largest absolute Gasteiger partial charge is 0.699 e. The molecular formula is C17H20BN3+. The number of hydrogen-bond donors (Lipinski definition) is 0. The van der Waals surface area contributed by atoms with E-state index in [2.05, 4.69) is 65.2 Å². The fourth-order valence-corrected chi connectivity index (χ4v) is 4.93. The average Bonchev–Trinajstić information content (AvgIpc) is 3.01. The van der Waals surface area contributed by atoms with Crippen molar-refractivity contribution < 1.29 is 4.49 Å². The predicted octanol–water partition coefficient (Wildman–Crippen LogP) is 1.98. The van der Waals surface area contributed by atoms with Gasteiger partial charge in [0.1, 0.15) is 6.21 Å². The van der Waals surface area contributed by atoms with Crippen molar-refractivity contribution in [3.63, 3.8) is 0 Å². The van der Waals surface area contributed by atoms with E-state index in [0.717, 1.165) is 5.92 Å². The molecule has 5 rings (SSSR count). The fraction of sp³-hybridized carbons (Fsp3) is 0.471. The van der Waals surface area contributed by atoms with Crippen LogP contribution in [0, 0.1) is 11.3 Å². The van der Waals surface area contributed by atoms with Crippen LogP contribution in [0.4, 0.5) is 0 Å². The zero-order valence-electron chi connectivity index (χ0n) is 12.5. The van der Waals surface area contributed by atoms with Crippen molar-refractivity contribution in [3.05, 3.63) is 41.9 Å². The molecule has 1 spiro atoms. The van der Waals surface area contributed by atoms with Crippen LogP contribution < -0.4 is 0 Å². The van der Waals surface area contributed by atoms with E-state index in [0.29, 0.717) is 5.41 Å². The average molecular weight is 277 g/mol. The fourth-order valence-electron chi connectivity index (χ4n) is 4.93. The Hall–Kier alpha value is -1.55. The quantitative estimate of drug-likeness (QED) is 0.752. The number of fused-ring (bicyclic) bond motifs is 2. The molecule has 1 aromatic heterocycles. The van der Waals surface area contributed by atoms with Crippen LogP contribution in [0.3, 0.4) is 0 Å². The molecule has 1 aromatic rings. The molecule has 105 valence electrons. The summed E-state index contributed by atoms with van der Waals surface area (Å²) in [5, 5.41) is 0. The summed E-state index contributed by atoms with van der Waals surface area (Å²) < 4.78 is 4.52. The molecule has 0 unspecified atom stereocenters. The van der Waals surface area contributed by atoms with Crippen molar-refractivity contribution in [1.82, 2.24) is 9.38 Å². The molecule has 2 fully saturated rings. The van der Waals surface area contributed by atoms with E-state index in [9.17, 15) is 0 Å². The van der Waals surface area contributed by atoms with Gasteiger partial charge in [0.15, 0.2) is 5.70 Å². The molecule has 4 heteroatoms. The van der Waals surface area contributed by atoms with Gasteiger partial charge in [-0.3, -0.25) is 4.49 Å². The third kappa shape index (κ3) is 1.69. The van der Waals surface area contributed by atoms with E-state index in [1.807, 2.05) is 0 Å². The van der Waals surface area contributed by atoms with E-state index in [1.165, 1.54) is 49.3 Å². The molecule has 4 heterocycles. The van der Waals surface area contributed by atoms with E-state index >= 15 is 0 Å². The molecule has 1 radical (unpaired) electrons. The molecule has 1 saturated carbocycles. The molecule has 0 atom stereocenters. The summed E-state index contributed by atoms with van der Waals surface area (Å²) in [4.78, 5) is 2.45. The molecule has 1 aliphatic carbocycles. The van der Waals surface area contributed by atoms with Gasteiger partial charge in [0.05, 0.1) is 0 Å². The normalized spacial score (nSPS) is 26.0. The summed E-state index contributed by atoms with van der Waals surface area (Å²) in [6.07, 6.45) is 12.8. The second kappa shape index (κ2) is 4.01. The first-order chi connectivity index (χ1) is 10.2. The summed E-state index contributed by atoms with van der Waals surface area (Å²) in [5.74, 6) is 0.874. The third-order valence-electron chi connectivity index (χ3n) is 5.57. The van der Waals surface area contributed by atoms with Gasteiger partial charge in [-0.05, 0) is 56.0 Å². The minimum Gasteiger partial charge on any atom is -0.325 e. The van der Waals surface area contributed by atoms with Gasteiger partial charge in [-0.2, -0.15) is 0 Å². The maximum absolute atomic E-state index is 2.45. The Balaban J connectivity index is 1.41. The Morgan fingerprint density at radius 3 is 3.05 bits per heavy atom. The zero-order chi connectivity index (χ0) is 14.0. The van der Waals surface area contributed by atoms with Gasteiger partial charge in [-0.25, -0.2) is 0 Å². The summed E-state index contributed by atoms with van der Waals surface area (Å²) in [5.41, 5.74) is 4.98. The Morgan fingerprint density at radius 2 is 2.24 bits per heavy atom. The third-order valence-corrected chi connectivity index (χ3v) is 5.57. The number of allylic oxidation sites excluding steroid dienone is 3. The topological polar surface area (TPSA) is 11.2 Å². The van der Waals surface area contributed by atoms with Crippen LogP contribution in [0.15, 0.2) is 36.2 Å². The van der Waals surface area contributed by atoms with Crippen LogP contribution in [-0.2, 0) is 0 Å². The van der Waals surface area contributed by atoms with Crippen molar-refractivity contribution in [2.24, 2.45) is 11.3 Å². The SMILES string of the molecule is CN1CC2(CC(CC3=C4C=CC=[N+]4[B]n4cccc43)C2)C1. The molecule has 0 amide bonds. The second-order valence-electron chi connectivity index (χ2n) is 7.35. The first-order valence-electron chi connectivity index (χ1n) is 7.96. The monoisotopic (exact) mass is 277 g/mol. The van der Waals surface area contributed by atoms with Crippen LogP contribution in [0.25, 0.3) is 5.57 Å². The molecule has 3 nitrogen and oxygen atoms in total. The Labute approximate surface area is 126 Å². The number of rotatable bonds is 2. The van der Waals surface area contributed by atoms with Crippen LogP contribution >= 0.6 is 0 Å². The molecule has 3 aliphatic heterocycles. The molecular weight excluding hydrogens is 257 g/mol. The first kappa shape index (κ1) is 12.0. The van der Waals surface area contributed by atoms with Gasteiger partial charge in [-0.15, -0.1) is 0 Å². The van der Waals surface area contributed by atoms with Gasteiger partial charge in [0, 0.05) is 36.5 Å². The van der Waals surface area contributed by atoms with E-state index < -0.39 is 0 Å². The van der Waals surface area contributed by atoms with E-state index in [4.69, 9.17) is 0 Å². The smallest absolute Gasteiger partial charge is 0.325 e. The number of likely N-dealkylation sites (tertiary alicyclic amines) is 1. The van der Waals surface area contributed by atoms with Gasteiger partial charge in [0.25, 0.3) is 0 Å². The Kier molecular flexibility index (Phi) is 2.30. The minimum atomic E-state index is 0.685. The summed E-state index contributed by atoms with van der Waals surface area (Å²) in [7, 11) is 4.42. The van der Waals surface area contributed by atoms with Gasteiger partial charge in [0.2, 0.25) is 0 Å². The lowest BCUT2D eigenvalue weighted by atomic mass is 9.56. The lowest BCUT2D eigenvalue weighted by molar-refractivity contribution is -0.307. The van der Waals surface area contributed by atoms with Crippen LogP contribution in [0.2, 0.25) is 0 Å². The molecule has 0 aromatic carbocycles. The summed E-state index contributed by atoms with van der Waals surface area (Å²) in [6.45, 7) is 2.64. The predicted molar refractivity (Wildman–Crippen MR) is 85.2 cm³/mol. The maximum atomic E-state index is 2.45. The lowest BCUT2D eigenvalue weighted by Crippen LogP contribution is -2.60. The Morgan fingerprint density at radius 1 is 1.38 bits per heavy atom. The maximum Gasteiger partial charge on any atom is 0.699 e. The van der Waals surface area contributed by atoms with Crippen molar-refractivity contribution in [2.75, 3.05) is 20.1 Å². The van der Waals surface area contributed by atoms with Crippen LogP contribution in [-0.4, -0.2) is 47.8 Å². The molecule has 0 bridgehead atoms. The van der Waals surface area contributed by atoms with Crippen LogP contribution in [0.5, 0.6) is 0 Å². The van der Waals surface area contributed by atoms with Gasteiger partial charge >= 0.3 is 7.55 Å². The second-order valence-corrected chi connectivity index (χ2v) is 7.35. The molecule has 1 saturated heterocycles. The first-order valence-corrected chi connectivity index (χ1v) is 7.96. The number of hydrogen-bond acceptors (Lipinski definition) is 1. The molecule has 4 aliphatic rings. The standard InChI is InChI=1S/C17H20BN3/c1-19-11-17(12-19)9-13(10-17)8-14-15-4-2-6-20(15)18-21-7-3-5-16(14)21/h2-7,13H,8-12H2,1H3/q+1. The summed E-state index contributed by atoms with van der Waals surface area (Å²) >= 11 is 0. The zero-order valence-corrected chi connectivity index (χ0v) is 12.5. The highest BCUT2D eigenvalue weighted by molar-refractivity contribution is 6.27. The van der Waals surface area contributed by atoms with Crippen LogP contribution in [0.1, 0.15) is 25.0 Å². The van der Waals surface area contributed by atoms with Crippen molar-refractivity contribution >= 4 is 19.3 Å². The van der Waals surface area contributed by atoms with E-state index in [-0.39, 0.29) is 0 Å². The minimum absolute atomic E-state index is 0.685. The molecule has 21 heavy (non-hydrogen) atoms.